The fourth-order valence-corrected chi connectivity index (χ4v) is 7.76. The molecule has 3 atom stereocenters. The third kappa shape index (κ3) is 5.55. The number of anilines is 1. The van der Waals surface area contributed by atoms with Crippen molar-refractivity contribution in [3.05, 3.63) is 83.2 Å². The molecule has 2 aromatic carbocycles. The molecule has 228 valence electrons. The third-order valence-corrected chi connectivity index (χ3v) is 10.9. The molecule has 1 spiro atoms. The summed E-state index contributed by atoms with van der Waals surface area (Å²) in [5.74, 6) is 7.34. The molecule has 2 fully saturated rings. The number of aromatic nitrogens is 4. The van der Waals surface area contributed by atoms with Gasteiger partial charge in [0.25, 0.3) is 0 Å². The molecule has 1 N–H and O–H groups in total. The van der Waals surface area contributed by atoms with E-state index in [-0.39, 0.29) is 22.4 Å². The van der Waals surface area contributed by atoms with Crippen LogP contribution in [-0.4, -0.2) is 48.4 Å². The number of piperidine rings is 1. The van der Waals surface area contributed by atoms with E-state index in [0.717, 1.165) is 75.2 Å². The van der Waals surface area contributed by atoms with Crippen molar-refractivity contribution < 1.29 is 8.95 Å². The lowest BCUT2D eigenvalue weighted by Crippen LogP contribution is -2.48. The van der Waals surface area contributed by atoms with Crippen LogP contribution in [0.1, 0.15) is 87.5 Å². The minimum absolute atomic E-state index is 0.0105. The molecule has 8 nitrogen and oxygen atoms in total. The fraction of sp³-hybridized carbons (Fsp3) is 0.457. The first-order valence-corrected chi connectivity index (χ1v) is 16.9. The third-order valence-electron chi connectivity index (χ3n) is 9.30. The Kier molecular flexibility index (Phi) is 7.77. The Morgan fingerprint density at radius 1 is 1.02 bits per heavy atom. The van der Waals surface area contributed by atoms with Crippen LogP contribution in [0.2, 0.25) is 0 Å². The number of nitrogens with one attached hydrogen (secondary N) is 1. The summed E-state index contributed by atoms with van der Waals surface area (Å²) in [6.07, 6.45) is 7.69. The molecule has 4 aromatic rings. The van der Waals surface area contributed by atoms with Gasteiger partial charge < -0.3 is 9.64 Å². The van der Waals surface area contributed by atoms with E-state index in [0.29, 0.717) is 11.2 Å². The van der Waals surface area contributed by atoms with E-state index in [1.807, 2.05) is 62.0 Å². The molecule has 0 saturated carbocycles. The van der Waals surface area contributed by atoms with Crippen molar-refractivity contribution in [1.82, 2.24) is 24.5 Å². The normalized spacial score (nSPS) is 22.0. The summed E-state index contributed by atoms with van der Waals surface area (Å²) in [4.78, 5) is 12.4. The molecule has 0 amide bonds. The quantitative estimate of drug-likeness (QED) is 0.292. The Bertz CT molecular complexity index is 1740. The van der Waals surface area contributed by atoms with E-state index in [2.05, 4.69) is 45.7 Å². The summed E-state index contributed by atoms with van der Waals surface area (Å²) in [7, 11) is -1.16. The first kappa shape index (κ1) is 29.1. The Morgan fingerprint density at radius 2 is 1.80 bits per heavy atom. The molecule has 2 unspecified atom stereocenters. The lowest BCUT2D eigenvalue weighted by Gasteiger charge is -2.44. The summed E-state index contributed by atoms with van der Waals surface area (Å²) in [6.45, 7) is 8.51. The molecule has 2 aromatic heterocycles. The number of rotatable bonds is 4. The lowest BCUT2D eigenvalue weighted by molar-refractivity contribution is -0.0370. The van der Waals surface area contributed by atoms with E-state index in [9.17, 15) is 4.21 Å². The number of hydrogen-bond acceptors (Lipinski definition) is 6. The Labute approximate surface area is 262 Å². The molecule has 9 heteroatoms. The van der Waals surface area contributed by atoms with E-state index < -0.39 is 11.0 Å². The summed E-state index contributed by atoms with van der Waals surface area (Å²) in [6, 6.07) is 18.7. The van der Waals surface area contributed by atoms with Crippen LogP contribution in [0.25, 0.3) is 11.2 Å². The highest BCUT2D eigenvalue weighted by molar-refractivity contribution is 7.84. The van der Waals surface area contributed by atoms with Gasteiger partial charge in [-0.05, 0) is 93.9 Å². The highest BCUT2D eigenvalue weighted by Crippen LogP contribution is 2.52. The van der Waals surface area contributed by atoms with Crippen LogP contribution in [-0.2, 0) is 22.1 Å². The maximum absolute atomic E-state index is 13.3. The average Bonchev–Trinajstić information content (AvgIpc) is 3.55. The second kappa shape index (κ2) is 11.7. The molecule has 2 saturated heterocycles. The van der Waals surface area contributed by atoms with Crippen molar-refractivity contribution in [3.63, 3.8) is 0 Å². The van der Waals surface area contributed by atoms with Crippen molar-refractivity contribution in [2.24, 2.45) is 5.41 Å². The summed E-state index contributed by atoms with van der Waals surface area (Å²) in [5.41, 5.74) is 5.66. The molecule has 7 rings (SSSR count). The van der Waals surface area contributed by atoms with Crippen molar-refractivity contribution in [2.75, 3.05) is 24.6 Å². The van der Waals surface area contributed by atoms with E-state index in [4.69, 9.17) is 19.8 Å². The van der Waals surface area contributed by atoms with E-state index >= 15 is 0 Å². The highest BCUT2D eigenvalue weighted by atomic mass is 32.2. The topological polar surface area (TPSA) is 85.2 Å². The van der Waals surface area contributed by atoms with Gasteiger partial charge in [0, 0.05) is 25.3 Å². The van der Waals surface area contributed by atoms with E-state index in [1.54, 1.807) is 0 Å². The molecule has 0 radical (unpaired) electrons. The lowest BCUT2D eigenvalue weighted by atomic mass is 9.73. The Hall–Kier alpha value is -3.58. The van der Waals surface area contributed by atoms with Gasteiger partial charge in [-0.15, -0.1) is 0 Å². The second-order valence-corrected chi connectivity index (χ2v) is 15.3. The molecule has 1 aliphatic carbocycles. The predicted molar refractivity (Wildman–Crippen MR) is 174 cm³/mol. The van der Waals surface area contributed by atoms with Crippen LogP contribution in [0, 0.1) is 17.3 Å². The van der Waals surface area contributed by atoms with Gasteiger partial charge in [0.15, 0.2) is 17.6 Å². The average molecular weight is 609 g/mol. The maximum Gasteiger partial charge on any atom is 0.182 e. The molecular formula is C35H40N6O2S. The van der Waals surface area contributed by atoms with Crippen LogP contribution >= 0.6 is 0 Å². The predicted octanol–water partition coefficient (Wildman–Crippen LogP) is 5.86. The zero-order valence-electron chi connectivity index (χ0n) is 25.8. The number of nitrogens with zero attached hydrogens (tertiary/aromatic N) is 5. The first-order chi connectivity index (χ1) is 21.3. The van der Waals surface area contributed by atoms with Gasteiger partial charge in [0.1, 0.15) is 11.3 Å². The largest absolute Gasteiger partial charge is 0.356 e. The van der Waals surface area contributed by atoms with Crippen LogP contribution in [0.3, 0.4) is 0 Å². The summed E-state index contributed by atoms with van der Waals surface area (Å²) < 4.78 is 24.6. The van der Waals surface area contributed by atoms with Gasteiger partial charge in [-0.2, -0.15) is 5.10 Å². The minimum Gasteiger partial charge on any atom is -0.356 e. The van der Waals surface area contributed by atoms with Crippen LogP contribution in [0.4, 0.5) is 5.82 Å². The number of ether oxygens (including phenoxy) is 1. The second-order valence-electron chi connectivity index (χ2n) is 13.3. The van der Waals surface area contributed by atoms with Crippen molar-refractivity contribution >= 4 is 28.0 Å². The number of hydrogen-bond donors (Lipinski definition) is 1. The zero-order chi connectivity index (χ0) is 30.3. The van der Waals surface area contributed by atoms with Crippen molar-refractivity contribution in [1.29, 1.82) is 0 Å². The highest BCUT2D eigenvalue weighted by Gasteiger charge is 2.49. The molecular weight excluding hydrogens is 568 g/mol. The minimum atomic E-state index is -1.16. The van der Waals surface area contributed by atoms with Gasteiger partial charge in [0.2, 0.25) is 0 Å². The van der Waals surface area contributed by atoms with Crippen LogP contribution in [0.5, 0.6) is 0 Å². The molecule has 3 aliphatic rings. The first-order valence-electron chi connectivity index (χ1n) is 15.8. The van der Waals surface area contributed by atoms with Gasteiger partial charge in [0.05, 0.1) is 28.0 Å². The Balaban J connectivity index is 1.17. The smallest absolute Gasteiger partial charge is 0.182 e. The molecule has 0 bridgehead atoms. The van der Waals surface area contributed by atoms with Gasteiger partial charge in [-0.1, -0.05) is 48.4 Å². The maximum atomic E-state index is 13.3. The van der Waals surface area contributed by atoms with E-state index in [1.165, 1.54) is 11.1 Å². The standard InChI is InChI=1S/C35H40N6O2S/c1-34(2,3)44(42)39-32-27-14-8-7-13-26(27)23-35(32)18-20-40(21-19-35)29-24-36-31-28(17-16-25-11-5-4-6-12-25)38-41(33(31)37-29)30-15-9-10-22-43-30/h4-8,11-14,24,30,32,39H,9-10,15,18-23H2,1-3H3/t30?,32-,44?/m1/s1. The summed E-state index contributed by atoms with van der Waals surface area (Å²) >= 11 is 0. The van der Waals surface area contributed by atoms with Crippen LogP contribution in [0.15, 0.2) is 60.8 Å². The van der Waals surface area contributed by atoms with Crippen LogP contribution < -0.4 is 9.62 Å². The number of fused-ring (bicyclic) bond motifs is 2. The monoisotopic (exact) mass is 608 g/mol. The SMILES string of the molecule is CC(C)(C)S(=O)N[C@@H]1c2ccccc2CC12CCN(c1cnc3c(C#Cc4ccccc4)nn(C4CCCCO4)c3n1)CC2. The Morgan fingerprint density at radius 3 is 2.55 bits per heavy atom. The van der Waals surface area contributed by atoms with Crippen molar-refractivity contribution in [2.45, 2.75) is 76.3 Å². The summed E-state index contributed by atoms with van der Waals surface area (Å²) in [5, 5.41) is 4.89. The number of benzene rings is 2. The molecule has 4 heterocycles. The van der Waals surface area contributed by atoms with Crippen molar-refractivity contribution in [3.8, 4) is 11.8 Å². The van der Waals surface area contributed by atoms with Gasteiger partial charge >= 0.3 is 0 Å². The molecule has 2 aliphatic heterocycles. The zero-order valence-corrected chi connectivity index (χ0v) is 26.6. The van der Waals surface area contributed by atoms with Gasteiger partial charge in [-0.25, -0.2) is 23.6 Å². The fourth-order valence-electron chi connectivity index (χ4n) is 6.81. The molecule has 44 heavy (non-hydrogen) atoms. The van der Waals surface area contributed by atoms with Gasteiger partial charge in [-0.3, -0.25) is 0 Å².